The van der Waals surface area contributed by atoms with Gasteiger partial charge in [-0.15, -0.1) is 0 Å². The highest BCUT2D eigenvalue weighted by Crippen LogP contribution is 2.47. The van der Waals surface area contributed by atoms with Gasteiger partial charge in [0, 0.05) is 19.1 Å². The molecule has 2 bridgehead atoms. The smallest absolute Gasteiger partial charge is 0.381 e. The SMILES string of the molecule is CC(O)(CCCOC(OCCCC(O)(C(F)(F)F)C(F)(F)F)C1CC2C=CC1C2)C(F)(F)F. The molecule has 1 fully saturated rings. The van der Waals surface area contributed by atoms with Crippen LogP contribution in [0.1, 0.15) is 45.4 Å². The van der Waals surface area contributed by atoms with Crippen molar-refractivity contribution in [1.82, 2.24) is 0 Å². The van der Waals surface area contributed by atoms with Crippen molar-refractivity contribution < 1.29 is 59.2 Å². The van der Waals surface area contributed by atoms with E-state index in [1.54, 1.807) is 0 Å². The third-order valence-corrected chi connectivity index (χ3v) is 6.28. The number of hydrogen-bond acceptors (Lipinski definition) is 4. The Balaban J connectivity index is 1.92. The summed E-state index contributed by atoms with van der Waals surface area (Å²) >= 11 is 0. The van der Waals surface area contributed by atoms with Gasteiger partial charge in [-0.1, -0.05) is 12.2 Å². The Morgan fingerprint density at radius 1 is 0.788 bits per heavy atom. The van der Waals surface area contributed by atoms with E-state index >= 15 is 0 Å². The van der Waals surface area contributed by atoms with Gasteiger partial charge in [-0.05, 0) is 57.3 Å². The number of hydrogen-bond donors (Lipinski definition) is 2. The lowest BCUT2D eigenvalue weighted by Gasteiger charge is -2.33. The zero-order chi connectivity index (χ0) is 25.3. The van der Waals surface area contributed by atoms with Gasteiger partial charge in [-0.2, -0.15) is 39.5 Å². The fourth-order valence-corrected chi connectivity index (χ4v) is 4.16. The van der Waals surface area contributed by atoms with Crippen molar-refractivity contribution in [2.24, 2.45) is 17.8 Å². The van der Waals surface area contributed by atoms with Crippen LogP contribution in [-0.4, -0.2) is 59.4 Å². The Labute approximate surface area is 184 Å². The van der Waals surface area contributed by atoms with Gasteiger partial charge >= 0.3 is 18.5 Å². The average Bonchev–Trinajstić information content (AvgIpc) is 3.27. The summed E-state index contributed by atoms with van der Waals surface area (Å²) < 4.78 is 126. The Kier molecular flexibility index (Phi) is 8.46. The molecule has 4 nitrogen and oxygen atoms in total. The predicted molar refractivity (Wildman–Crippen MR) is 96.7 cm³/mol. The molecule has 2 rings (SSSR count). The van der Waals surface area contributed by atoms with E-state index in [9.17, 15) is 49.7 Å². The predicted octanol–water partition coefficient (Wildman–Crippen LogP) is 5.29. The summed E-state index contributed by atoms with van der Waals surface area (Å²) in [6.45, 7) is -0.231. The fourth-order valence-electron chi connectivity index (χ4n) is 4.16. The molecule has 0 radical (unpaired) electrons. The summed E-state index contributed by atoms with van der Waals surface area (Å²) in [5.41, 5.74) is -7.81. The molecule has 0 saturated heterocycles. The maximum Gasteiger partial charge on any atom is 0.426 e. The van der Waals surface area contributed by atoms with Crippen LogP contribution in [0.25, 0.3) is 0 Å². The van der Waals surface area contributed by atoms with Crippen molar-refractivity contribution in [2.75, 3.05) is 13.2 Å². The van der Waals surface area contributed by atoms with Gasteiger partial charge < -0.3 is 19.7 Å². The monoisotopic (exact) mass is 502 g/mol. The number of rotatable bonds is 11. The number of fused-ring (bicyclic) bond motifs is 2. The van der Waals surface area contributed by atoms with E-state index in [1.807, 2.05) is 12.2 Å². The van der Waals surface area contributed by atoms with Crippen LogP contribution in [0.2, 0.25) is 0 Å². The molecule has 13 heteroatoms. The third-order valence-electron chi connectivity index (χ3n) is 6.28. The van der Waals surface area contributed by atoms with E-state index in [1.165, 1.54) is 0 Å². The van der Waals surface area contributed by atoms with Crippen LogP contribution in [0.15, 0.2) is 12.2 Å². The number of aliphatic hydroxyl groups is 2. The van der Waals surface area contributed by atoms with Crippen molar-refractivity contribution >= 4 is 0 Å². The molecule has 0 aromatic rings. The molecule has 5 atom stereocenters. The molecule has 1 saturated carbocycles. The molecule has 0 heterocycles. The standard InChI is InChI=1S/C20H27F9O4/c1-16(30,18(21,22)23)6-2-8-32-15(14-11-12-4-5-13(14)10-12)33-9-3-7-17(31,19(24,25)26)20(27,28)29/h4-5,12-15,30-31H,2-3,6-11H2,1H3. The summed E-state index contributed by atoms with van der Waals surface area (Å²) in [6.07, 6.45) is -15.8. The summed E-state index contributed by atoms with van der Waals surface area (Å²) in [4.78, 5) is 0. The quantitative estimate of drug-likeness (QED) is 0.175. The first kappa shape index (κ1) is 28.2. The van der Waals surface area contributed by atoms with Crippen molar-refractivity contribution in [3.8, 4) is 0 Å². The van der Waals surface area contributed by atoms with Crippen molar-refractivity contribution in [1.29, 1.82) is 0 Å². The van der Waals surface area contributed by atoms with Crippen LogP contribution >= 0.6 is 0 Å². The van der Waals surface area contributed by atoms with Gasteiger partial charge in [-0.25, -0.2) is 0 Å². The second-order valence-electron chi connectivity index (χ2n) is 8.89. The highest BCUT2D eigenvalue weighted by atomic mass is 19.4. The minimum absolute atomic E-state index is 0.0144. The lowest BCUT2D eigenvalue weighted by atomic mass is 9.92. The molecule has 2 N–H and O–H groups in total. The average molecular weight is 502 g/mol. The largest absolute Gasteiger partial charge is 0.426 e. The van der Waals surface area contributed by atoms with E-state index in [0.717, 1.165) is 6.42 Å². The first-order valence-electron chi connectivity index (χ1n) is 10.5. The highest BCUT2D eigenvalue weighted by Gasteiger charge is 2.69. The molecule has 0 aromatic heterocycles. The maximum absolute atomic E-state index is 12.8. The normalized spacial score (nSPS) is 26.6. The van der Waals surface area contributed by atoms with Crippen molar-refractivity contribution in [2.45, 2.75) is 81.5 Å². The zero-order valence-corrected chi connectivity index (χ0v) is 17.7. The second kappa shape index (κ2) is 9.90. The molecule has 0 aromatic carbocycles. The molecule has 0 aliphatic heterocycles. The first-order valence-corrected chi connectivity index (χ1v) is 10.5. The van der Waals surface area contributed by atoms with Crippen LogP contribution in [0.5, 0.6) is 0 Å². The van der Waals surface area contributed by atoms with Gasteiger partial charge in [0.1, 0.15) is 0 Å². The van der Waals surface area contributed by atoms with E-state index in [0.29, 0.717) is 13.3 Å². The summed E-state index contributed by atoms with van der Waals surface area (Å²) in [6, 6.07) is 0. The van der Waals surface area contributed by atoms with Crippen molar-refractivity contribution in [3.05, 3.63) is 12.2 Å². The number of ether oxygens (including phenoxy) is 2. The summed E-state index contributed by atoms with van der Waals surface area (Å²) in [5.74, 6) is -0.0194. The molecular weight excluding hydrogens is 475 g/mol. The number of alkyl halides is 9. The molecular formula is C20H27F9O4. The van der Waals surface area contributed by atoms with Gasteiger partial charge in [0.2, 0.25) is 0 Å². The maximum atomic E-state index is 12.8. The van der Waals surface area contributed by atoms with Gasteiger partial charge in [0.25, 0.3) is 5.60 Å². The van der Waals surface area contributed by atoms with Crippen LogP contribution in [0, 0.1) is 17.8 Å². The zero-order valence-electron chi connectivity index (χ0n) is 17.7. The molecule has 0 amide bonds. The van der Waals surface area contributed by atoms with Crippen LogP contribution in [-0.2, 0) is 9.47 Å². The van der Waals surface area contributed by atoms with E-state index in [-0.39, 0.29) is 30.8 Å². The molecule has 5 unspecified atom stereocenters. The van der Waals surface area contributed by atoms with Gasteiger partial charge in [0.15, 0.2) is 11.9 Å². The fraction of sp³-hybridized carbons (Fsp3) is 0.900. The Morgan fingerprint density at radius 3 is 1.70 bits per heavy atom. The molecule has 0 spiro atoms. The van der Waals surface area contributed by atoms with Gasteiger partial charge in [0.05, 0.1) is 0 Å². The van der Waals surface area contributed by atoms with E-state index in [4.69, 9.17) is 9.47 Å². The minimum Gasteiger partial charge on any atom is -0.381 e. The molecule has 2 aliphatic carbocycles. The molecule has 194 valence electrons. The van der Waals surface area contributed by atoms with Crippen LogP contribution in [0.4, 0.5) is 39.5 Å². The Bertz CT molecular complexity index is 656. The molecule has 2 aliphatic rings. The van der Waals surface area contributed by atoms with E-state index < -0.39 is 61.9 Å². The van der Waals surface area contributed by atoms with E-state index in [2.05, 4.69) is 0 Å². The first-order chi connectivity index (χ1) is 14.9. The minimum atomic E-state index is -5.92. The third kappa shape index (κ3) is 6.55. The Hall–Kier alpha value is -1.05. The summed E-state index contributed by atoms with van der Waals surface area (Å²) in [5, 5.41) is 18.7. The number of halogens is 9. The van der Waals surface area contributed by atoms with Gasteiger partial charge in [-0.3, -0.25) is 0 Å². The lowest BCUT2D eigenvalue weighted by Crippen LogP contribution is -2.56. The highest BCUT2D eigenvalue weighted by molar-refractivity contribution is 5.10. The van der Waals surface area contributed by atoms with Crippen LogP contribution < -0.4 is 0 Å². The lowest BCUT2D eigenvalue weighted by molar-refractivity contribution is -0.370. The topological polar surface area (TPSA) is 58.9 Å². The summed E-state index contributed by atoms with van der Waals surface area (Å²) in [7, 11) is 0. The Morgan fingerprint density at radius 2 is 1.30 bits per heavy atom. The van der Waals surface area contributed by atoms with Crippen molar-refractivity contribution in [3.63, 3.8) is 0 Å². The molecule has 33 heavy (non-hydrogen) atoms. The second-order valence-corrected chi connectivity index (χ2v) is 8.89. The van der Waals surface area contributed by atoms with Crippen LogP contribution in [0.3, 0.4) is 0 Å². The number of allylic oxidation sites excluding steroid dienone is 2.